The standard InChI is InChI=1S/C22H20F2N4O2/c1-14(2)11-27-21(29)19-20(28(22(27)30)18-5-3-4-17(24)10-18)25-13-26(19)12-15-6-8-16(23)9-7-15/h3-10,13-14H,11-12H2,1-2H3. The Kier molecular flexibility index (Phi) is 5.07. The van der Waals surface area contributed by atoms with Gasteiger partial charge in [-0.2, -0.15) is 0 Å². The monoisotopic (exact) mass is 410 g/mol. The van der Waals surface area contributed by atoms with Gasteiger partial charge in [0.15, 0.2) is 11.2 Å². The van der Waals surface area contributed by atoms with E-state index in [1.165, 1.54) is 41.2 Å². The van der Waals surface area contributed by atoms with E-state index in [2.05, 4.69) is 4.98 Å². The van der Waals surface area contributed by atoms with Crippen LogP contribution in [0.25, 0.3) is 16.9 Å². The summed E-state index contributed by atoms with van der Waals surface area (Å²) < 4.78 is 31.1. The van der Waals surface area contributed by atoms with Crippen LogP contribution in [0.3, 0.4) is 0 Å². The zero-order valence-electron chi connectivity index (χ0n) is 16.5. The van der Waals surface area contributed by atoms with Gasteiger partial charge in [-0.1, -0.05) is 32.0 Å². The van der Waals surface area contributed by atoms with E-state index in [0.717, 1.165) is 10.1 Å². The van der Waals surface area contributed by atoms with Crippen molar-refractivity contribution in [2.24, 2.45) is 5.92 Å². The molecule has 0 unspecified atom stereocenters. The zero-order chi connectivity index (χ0) is 21.4. The average Bonchev–Trinajstić information content (AvgIpc) is 3.10. The summed E-state index contributed by atoms with van der Waals surface area (Å²) in [4.78, 5) is 30.7. The number of fused-ring (bicyclic) bond motifs is 1. The molecule has 6 nitrogen and oxygen atoms in total. The molecule has 0 N–H and O–H groups in total. The summed E-state index contributed by atoms with van der Waals surface area (Å²) in [6.07, 6.45) is 1.46. The summed E-state index contributed by atoms with van der Waals surface area (Å²) in [5.41, 5.74) is 0.403. The van der Waals surface area contributed by atoms with E-state index in [-0.39, 0.29) is 41.7 Å². The molecule has 0 saturated heterocycles. The SMILES string of the molecule is CC(C)Cn1c(=O)c2c(ncn2Cc2ccc(F)cc2)n(-c2cccc(F)c2)c1=O. The summed E-state index contributed by atoms with van der Waals surface area (Å²) in [7, 11) is 0. The molecule has 0 atom stereocenters. The highest BCUT2D eigenvalue weighted by Crippen LogP contribution is 2.16. The smallest absolute Gasteiger partial charge is 0.320 e. The molecule has 4 rings (SSSR count). The number of halogens is 2. The maximum Gasteiger partial charge on any atom is 0.337 e. The van der Waals surface area contributed by atoms with Crippen molar-refractivity contribution in [2.45, 2.75) is 26.9 Å². The highest BCUT2D eigenvalue weighted by atomic mass is 19.1. The van der Waals surface area contributed by atoms with Crippen LogP contribution in [0, 0.1) is 17.6 Å². The summed E-state index contributed by atoms with van der Waals surface area (Å²) in [6.45, 7) is 4.29. The average molecular weight is 410 g/mol. The predicted molar refractivity (Wildman–Crippen MR) is 110 cm³/mol. The van der Waals surface area contributed by atoms with E-state index in [1.807, 2.05) is 13.8 Å². The lowest BCUT2D eigenvalue weighted by Gasteiger charge is -2.14. The number of hydrogen-bond donors (Lipinski definition) is 0. The minimum atomic E-state index is -0.571. The van der Waals surface area contributed by atoms with Gasteiger partial charge in [0.05, 0.1) is 12.0 Å². The second kappa shape index (κ2) is 7.70. The molecule has 2 aromatic carbocycles. The van der Waals surface area contributed by atoms with Crippen molar-refractivity contribution in [2.75, 3.05) is 0 Å². The maximum atomic E-state index is 13.9. The normalized spacial score (nSPS) is 11.5. The number of hydrogen-bond acceptors (Lipinski definition) is 3. The lowest BCUT2D eigenvalue weighted by atomic mass is 10.2. The Labute approximate surface area is 170 Å². The lowest BCUT2D eigenvalue weighted by molar-refractivity contribution is 0.488. The first-order valence-corrected chi connectivity index (χ1v) is 9.56. The first-order valence-electron chi connectivity index (χ1n) is 9.56. The molecular weight excluding hydrogens is 390 g/mol. The van der Waals surface area contributed by atoms with Crippen molar-refractivity contribution in [1.82, 2.24) is 18.7 Å². The van der Waals surface area contributed by atoms with E-state index in [9.17, 15) is 18.4 Å². The van der Waals surface area contributed by atoms with Gasteiger partial charge in [0.1, 0.15) is 11.6 Å². The molecule has 0 saturated carbocycles. The van der Waals surface area contributed by atoms with Crippen molar-refractivity contribution >= 4 is 11.2 Å². The molecule has 0 fully saturated rings. The molecule has 0 radical (unpaired) electrons. The quantitative estimate of drug-likeness (QED) is 0.507. The van der Waals surface area contributed by atoms with Gasteiger partial charge in [0.25, 0.3) is 5.56 Å². The highest BCUT2D eigenvalue weighted by Gasteiger charge is 2.20. The molecule has 8 heteroatoms. The second-order valence-corrected chi connectivity index (χ2v) is 7.58. The fourth-order valence-electron chi connectivity index (χ4n) is 3.46. The fraction of sp³-hybridized carbons (Fsp3) is 0.227. The first kappa shape index (κ1) is 19.8. The predicted octanol–water partition coefficient (Wildman–Crippen LogP) is 3.33. The Bertz CT molecular complexity index is 1330. The highest BCUT2D eigenvalue weighted by molar-refractivity contribution is 5.72. The third kappa shape index (κ3) is 3.56. The van der Waals surface area contributed by atoms with Gasteiger partial charge in [-0.3, -0.25) is 9.36 Å². The van der Waals surface area contributed by atoms with Crippen LogP contribution in [-0.2, 0) is 13.1 Å². The number of imidazole rings is 1. The number of nitrogens with zero attached hydrogens (tertiary/aromatic N) is 4. The van der Waals surface area contributed by atoms with Crippen LogP contribution in [-0.4, -0.2) is 18.7 Å². The summed E-state index contributed by atoms with van der Waals surface area (Å²) in [5, 5.41) is 0. The third-order valence-corrected chi connectivity index (χ3v) is 4.78. The van der Waals surface area contributed by atoms with Crippen LogP contribution < -0.4 is 11.2 Å². The van der Waals surface area contributed by atoms with Gasteiger partial charge in [-0.15, -0.1) is 0 Å². The molecule has 0 aliphatic carbocycles. The van der Waals surface area contributed by atoms with Crippen LogP contribution in [0.2, 0.25) is 0 Å². The van der Waals surface area contributed by atoms with Crippen LogP contribution in [0.1, 0.15) is 19.4 Å². The second-order valence-electron chi connectivity index (χ2n) is 7.58. The number of aromatic nitrogens is 4. The summed E-state index contributed by atoms with van der Waals surface area (Å²) in [5.74, 6) is -0.810. The van der Waals surface area contributed by atoms with E-state index in [4.69, 9.17) is 0 Å². The van der Waals surface area contributed by atoms with Gasteiger partial charge in [-0.25, -0.2) is 23.1 Å². The molecule has 4 aromatic rings. The molecule has 0 amide bonds. The summed E-state index contributed by atoms with van der Waals surface area (Å²) in [6, 6.07) is 11.5. The van der Waals surface area contributed by atoms with Crippen molar-refractivity contribution in [3.8, 4) is 5.69 Å². The van der Waals surface area contributed by atoms with Gasteiger partial charge >= 0.3 is 5.69 Å². The molecular formula is C22H20F2N4O2. The molecule has 0 aliphatic rings. The number of benzene rings is 2. The minimum absolute atomic E-state index is 0.0438. The van der Waals surface area contributed by atoms with E-state index < -0.39 is 17.1 Å². The van der Waals surface area contributed by atoms with Gasteiger partial charge < -0.3 is 4.57 Å². The fourth-order valence-corrected chi connectivity index (χ4v) is 3.46. The Morgan fingerprint density at radius 3 is 2.40 bits per heavy atom. The van der Waals surface area contributed by atoms with Gasteiger partial charge in [-0.05, 0) is 41.8 Å². The largest absolute Gasteiger partial charge is 0.337 e. The maximum absolute atomic E-state index is 13.9. The third-order valence-electron chi connectivity index (χ3n) is 4.78. The molecule has 0 bridgehead atoms. The Morgan fingerprint density at radius 1 is 1.00 bits per heavy atom. The van der Waals surface area contributed by atoms with Crippen LogP contribution >= 0.6 is 0 Å². The van der Waals surface area contributed by atoms with E-state index in [0.29, 0.717) is 0 Å². The molecule has 0 spiro atoms. The first-order chi connectivity index (χ1) is 14.3. The Morgan fingerprint density at radius 2 is 1.73 bits per heavy atom. The molecule has 30 heavy (non-hydrogen) atoms. The van der Waals surface area contributed by atoms with Crippen molar-refractivity contribution in [3.05, 3.63) is 92.9 Å². The summed E-state index contributed by atoms with van der Waals surface area (Å²) >= 11 is 0. The minimum Gasteiger partial charge on any atom is -0.320 e. The lowest BCUT2D eigenvalue weighted by Crippen LogP contribution is -2.41. The number of rotatable bonds is 5. The van der Waals surface area contributed by atoms with Gasteiger partial charge in [0, 0.05) is 13.1 Å². The Balaban J connectivity index is 1.99. The van der Waals surface area contributed by atoms with E-state index in [1.54, 1.807) is 22.8 Å². The van der Waals surface area contributed by atoms with Crippen molar-refractivity contribution in [3.63, 3.8) is 0 Å². The topological polar surface area (TPSA) is 61.8 Å². The van der Waals surface area contributed by atoms with E-state index >= 15 is 0 Å². The molecule has 154 valence electrons. The molecule has 2 heterocycles. The van der Waals surface area contributed by atoms with Crippen LogP contribution in [0.4, 0.5) is 8.78 Å². The molecule has 2 aromatic heterocycles. The van der Waals surface area contributed by atoms with Crippen LogP contribution in [0.5, 0.6) is 0 Å². The van der Waals surface area contributed by atoms with Gasteiger partial charge in [0.2, 0.25) is 0 Å². The van der Waals surface area contributed by atoms with Crippen molar-refractivity contribution < 1.29 is 8.78 Å². The van der Waals surface area contributed by atoms with Crippen molar-refractivity contribution in [1.29, 1.82) is 0 Å². The zero-order valence-corrected chi connectivity index (χ0v) is 16.5. The van der Waals surface area contributed by atoms with Crippen LogP contribution in [0.15, 0.2) is 64.4 Å². The molecule has 0 aliphatic heterocycles. The Hall–Kier alpha value is -3.55.